The van der Waals surface area contributed by atoms with Gasteiger partial charge in [0.15, 0.2) is 0 Å². The molecule has 25 heavy (non-hydrogen) atoms. The van der Waals surface area contributed by atoms with Gasteiger partial charge in [0.05, 0.1) is 11.0 Å². The Bertz CT molecular complexity index is 1180. The number of aryl methyl sites for hydroxylation is 3. The molecule has 3 rings (SSSR count). The highest BCUT2D eigenvalue weighted by Gasteiger charge is 2.20. The third-order valence-electron chi connectivity index (χ3n) is 3.78. The molecule has 0 unspecified atom stereocenters. The first kappa shape index (κ1) is 17.0. The molecule has 1 heterocycles. The molecule has 2 N–H and O–H groups in total. The van der Waals surface area contributed by atoms with Crippen LogP contribution in [-0.2, 0) is 10.1 Å². The van der Waals surface area contributed by atoms with Crippen LogP contribution in [-0.4, -0.2) is 18.4 Å². The summed E-state index contributed by atoms with van der Waals surface area (Å²) >= 11 is 0. The Morgan fingerprint density at radius 1 is 0.840 bits per heavy atom. The van der Waals surface area contributed by atoms with Crippen molar-refractivity contribution in [1.29, 1.82) is 0 Å². The molecule has 0 amide bonds. The molecule has 1 aromatic heterocycles. The number of hydrogen-bond acceptors (Lipinski definition) is 5. The number of nitrogens with one attached hydrogen (secondary N) is 2. The maximum absolute atomic E-state index is 12.6. The van der Waals surface area contributed by atoms with Gasteiger partial charge in [0, 0.05) is 0 Å². The molecule has 0 fully saturated rings. The molecule has 0 spiro atoms. The van der Waals surface area contributed by atoms with Gasteiger partial charge in [-0.3, -0.25) is 9.59 Å². The molecule has 0 bridgehead atoms. The Morgan fingerprint density at radius 3 is 2.00 bits per heavy atom. The predicted octanol–water partition coefficient (Wildman–Crippen LogP) is 1.91. The van der Waals surface area contributed by atoms with Crippen LogP contribution >= 0.6 is 0 Å². The molecule has 8 heteroatoms. The van der Waals surface area contributed by atoms with Gasteiger partial charge in [-0.15, -0.1) is 0 Å². The average Bonchev–Trinajstić information content (AvgIpc) is 2.51. The molecule has 0 saturated heterocycles. The molecular formula is C17H16N2O5S. The zero-order valence-corrected chi connectivity index (χ0v) is 14.7. The highest BCUT2D eigenvalue weighted by molar-refractivity contribution is 7.87. The molecule has 0 atom stereocenters. The first-order valence-electron chi connectivity index (χ1n) is 7.46. The summed E-state index contributed by atoms with van der Waals surface area (Å²) in [4.78, 5) is 27.3. The number of aromatic amines is 2. The number of hydrogen-bond donors (Lipinski definition) is 2. The Labute approximate surface area is 143 Å². The van der Waals surface area contributed by atoms with E-state index in [4.69, 9.17) is 4.18 Å². The number of benzene rings is 2. The van der Waals surface area contributed by atoms with Crippen molar-refractivity contribution in [3.63, 3.8) is 0 Å². The van der Waals surface area contributed by atoms with E-state index in [0.717, 1.165) is 5.56 Å². The van der Waals surface area contributed by atoms with E-state index in [2.05, 4.69) is 9.97 Å². The van der Waals surface area contributed by atoms with Crippen molar-refractivity contribution in [2.24, 2.45) is 0 Å². The fourth-order valence-corrected chi connectivity index (χ4v) is 3.78. The van der Waals surface area contributed by atoms with E-state index >= 15 is 0 Å². The van der Waals surface area contributed by atoms with E-state index in [1.807, 2.05) is 19.1 Å². The van der Waals surface area contributed by atoms with Gasteiger partial charge >= 0.3 is 21.2 Å². The minimum Gasteiger partial charge on any atom is -0.378 e. The van der Waals surface area contributed by atoms with Crippen LogP contribution in [0.25, 0.3) is 11.0 Å². The number of fused-ring (bicyclic) bond motifs is 1. The van der Waals surface area contributed by atoms with E-state index in [-0.39, 0.29) is 16.2 Å². The summed E-state index contributed by atoms with van der Waals surface area (Å²) in [5.74, 6) is 0.278. The van der Waals surface area contributed by atoms with Crippen molar-refractivity contribution in [3.8, 4) is 5.75 Å². The summed E-state index contributed by atoms with van der Waals surface area (Å²) in [6.45, 7) is 5.46. The Morgan fingerprint density at radius 2 is 1.40 bits per heavy atom. The maximum atomic E-state index is 12.6. The maximum Gasteiger partial charge on any atom is 0.339 e. The SMILES string of the molecule is Cc1cc(C)c(OS(=O)(=O)c2ccc3[nH]c(=O)c(=O)[nH]c3c2)c(C)c1. The summed E-state index contributed by atoms with van der Waals surface area (Å²) in [6, 6.07) is 7.63. The van der Waals surface area contributed by atoms with Gasteiger partial charge in [-0.05, 0) is 50.1 Å². The van der Waals surface area contributed by atoms with E-state index in [0.29, 0.717) is 16.6 Å². The Balaban J connectivity index is 2.09. The van der Waals surface area contributed by atoms with Crippen LogP contribution < -0.4 is 15.3 Å². The molecule has 0 aliphatic carbocycles. The lowest BCUT2D eigenvalue weighted by Crippen LogP contribution is -2.29. The highest BCUT2D eigenvalue weighted by atomic mass is 32.2. The molecule has 0 aliphatic heterocycles. The zero-order valence-electron chi connectivity index (χ0n) is 13.8. The van der Waals surface area contributed by atoms with Gasteiger partial charge in [-0.1, -0.05) is 17.7 Å². The largest absolute Gasteiger partial charge is 0.378 e. The van der Waals surface area contributed by atoms with Crippen molar-refractivity contribution in [2.45, 2.75) is 25.7 Å². The number of H-pyrrole nitrogens is 2. The second kappa shape index (κ2) is 5.89. The first-order valence-corrected chi connectivity index (χ1v) is 8.87. The third-order valence-corrected chi connectivity index (χ3v) is 5.00. The molecule has 0 aliphatic rings. The van der Waals surface area contributed by atoms with Crippen LogP contribution in [0, 0.1) is 20.8 Å². The van der Waals surface area contributed by atoms with Crippen molar-refractivity contribution in [3.05, 3.63) is 67.7 Å². The number of rotatable bonds is 3. The van der Waals surface area contributed by atoms with Crippen molar-refractivity contribution < 1.29 is 12.6 Å². The second-order valence-electron chi connectivity index (χ2n) is 5.88. The van der Waals surface area contributed by atoms with E-state index < -0.39 is 21.2 Å². The van der Waals surface area contributed by atoms with Crippen LogP contribution in [0.2, 0.25) is 0 Å². The van der Waals surface area contributed by atoms with Gasteiger partial charge in [-0.2, -0.15) is 8.42 Å². The van der Waals surface area contributed by atoms with Crippen LogP contribution in [0.4, 0.5) is 0 Å². The lowest BCUT2D eigenvalue weighted by atomic mass is 10.1. The van der Waals surface area contributed by atoms with Crippen molar-refractivity contribution in [2.75, 3.05) is 0 Å². The Kier molecular flexibility index (Phi) is 4.00. The summed E-state index contributed by atoms with van der Waals surface area (Å²) in [5.41, 5.74) is 1.29. The van der Waals surface area contributed by atoms with Gasteiger partial charge in [-0.25, -0.2) is 0 Å². The molecular weight excluding hydrogens is 344 g/mol. The second-order valence-corrected chi connectivity index (χ2v) is 7.43. The van der Waals surface area contributed by atoms with Crippen LogP contribution in [0.1, 0.15) is 16.7 Å². The lowest BCUT2D eigenvalue weighted by Gasteiger charge is -2.13. The monoisotopic (exact) mass is 360 g/mol. The van der Waals surface area contributed by atoms with E-state index in [1.165, 1.54) is 18.2 Å². The first-order chi connectivity index (χ1) is 11.7. The fraction of sp³-hybridized carbons (Fsp3) is 0.176. The third kappa shape index (κ3) is 3.20. The molecule has 2 aromatic carbocycles. The summed E-state index contributed by atoms with van der Waals surface area (Å²) in [5, 5.41) is 0. The van der Waals surface area contributed by atoms with Crippen molar-refractivity contribution >= 4 is 21.2 Å². The smallest absolute Gasteiger partial charge is 0.339 e. The van der Waals surface area contributed by atoms with Gasteiger partial charge in [0.25, 0.3) is 0 Å². The normalized spacial score (nSPS) is 11.6. The molecule has 130 valence electrons. The lowest BCUT2D eigenvalue weighted by molar-refractivity contribution is 0.482. The predicted molar refractivity (Wildman–Crippen MR) is 93.7 cm³/mol. The molecule has 0 radical (unpaired) electrons. The van der Waals surface area contributed by atoms with Crippen molar-refractivity contribution in [1.82, 2.24) is 9.97 Å². The standard InChI is InChI=1S/C17H16N2O5S/c1-9-6-10(2)15(11(3)7-9)24-25(22,23)12-4-5-13-14(8-12)19-17(21)16(20)18-13/h4-8H,1-3H3,(H,18,20)(H,19,21). The zero-order chi connectivity index (χ0) is 18.4. The summed E-state index contributed by atoms with van der Waals surface area (Å²) in [7, 11) is -4.10. The molecule has 0 saturated carbocycles. The topological polar surface area (TPSA) is 109 Å². The average molecular weight is 360 g/mol. The van der Waals surface area contributed by atoms with Crippen LogP contribution in [0.15, 0.2) is 44.8 Å². The van der Waals surface area contributed by atoms with E-state index in [1.54, 1.807) is 13.8 Å². The van der Waals surface area contributed by atoms with Crippen LogP contribution in [0.3, 0.4) is 0 Å². The molecule has 3 aromatic rings. The Hall–Kier alpha value is -2.87. The van der Waals surface area contributed by atoms with Gasteiger partial charge in [0.2, 0.25) is 0 Å². The summed E-state index contributed by atoms with van der Waals surface area (Å²) in [6.07, 6.45) is 0. The quantitative estimate of drug-likeness (QED) is 0.548. The highest BCUT2D eigenvalue weighted by Crippen LogP contribution is 2.28. The number of aromatic nitrogens is 2. The van der Waals surface area contributed by atoms with E-state index in [9.17, 15) is 18.0 Å². The molecule has 7 nitrogen and oxygen atoms in total. The minimum atomic E-state index is -4.10. The van der Waals surface area contributed by atoms with Crippen LogP contribution in [0.5, 0.6) is 5.75 Å². The van der Waals surface area contributed by atoms with Gasteiger partial charge < -0.3 is 14.2 Å². The van der Waals surface area contributed by atoms with Gasteiger partial charge in [0.1, 0.15) is 10.6 Å². The fourth-order valence-electron chi connectivity index (χ4n) is 2.71. The summed E-state index contributed by atoms with van der Waals surface area (Å²) < 4.78 is 30.5. The minimum absolute atomic E-state index is 0.123.